The van der Waals surface area contributed by atoms with Gasteiger partial charge in [-0.2, -0.15) is 0 Å². The van der Waals surface area contributed by atoms with E-state index in [1.54, 1.807) is 0 Å². The first kappa shape index (κ1) is 14.0. The fourth-order valence-electron chi connectivity index (χ4n) is 1.91. The van der Waals surface area contributed by atoms with E-state index in [0.717, 1.165) is 11.0 Å². The number of sulfonamides is 1. The molecule has 19 heavy (non-hydrogen) atoms. The van der Waals surface area contributed by atoms with Gasteiger partial charge in [0.1, 0.15) is 11.1 Å². The number of nitrogens with zero attached hydrogens (tertiary/aromatic N) is 1. The minimum atomic E-state index is -3.83. The molecule has 9 heteroatoms. The summed E-state index contributed by atoms with van der Waals surface area (Å²) in [5.74, 6) is -1.22. The van der Waals surface area contributed by atoms with Gasteiger partial charge in [-0.05, 0) is 6.07 Å². The number of carbonyl (C=O) groups is 1. The predicted octanol–water partition coefficient (Wildman–Crippen LogP) is 0.455. The van der Waals surface area contributed by atoms with Crippen LogP contribution in [0.15, 0.2) is 12.1 Å². The molecule has 0 saturated carbocycles. The fraction of sp³-hybridized carbons (Fsp3) is 0.300. The number of halogens is 2. The number of rotatable bonds is 2. The summed E-state index contributed by atoms with van der Waals surface area (Å²) in [5.41, 5.74) is 5.85. The molecule has 1 aromatic carbocycles. The standard InChI is InChI=1S/C10H11ClFN3O3S/c11-6-2-8(13)9(3-7(6)12)15-4-5(1-10(15)16)19(14,17)18/h2-3,5H,1,4,13H2,(H2,14,17,18). The van der Waals surface area contributed by atoms with Gasteiger partial charge in [-0.15, -0.1) is 0 Å². The molecule has 6 nitrogen and oxygen atoms in total. The summed E-state index contributed by atoms with van der Waals surface area (Å²) in [6, 6.07) is 2.17. The van der Waals surface area contributed by atoms with E-state index in [9.17, 15) is 17.6 Å². The van der Waals surface area contributed by atoms with Crippen molar-refractivity contribution >= 4 is 38.9 Å². The number of carbonyl (C=O) groups excluding carboxylic acids is 1. The summed E-state index contributed by atoms with van der Waals surface area (Å²) < 4.78 is 35.9. The highest BCUT2D eigenvalue weighted by atomic mass is 35.5. The average Bonchev–Trinajstić information content (AvgIpc) is 2.65. The van der Waals surface area contributed by atoms with Crippen LogP contribution in [-0.4, -0.2) is 26.1 Å². The Morgan fingerprint density at radius 2 is 2.05 bits per heavy atom. The predicted molar refractivity (Wildman–Crippen MR) is 69.7 cm³/mol. The highest BCUT2D eigenvalue weighted by Crippen LogP contribution is 2.32. The van der Waals surface area contributed by atoms with Crippen molar-refractivity contribution in [1.29, 1.82) is 0 Å². The Morgan fingerprint density at radius 3 is 2.58 bits per heavy atom. The number of hydrogen-bond donors (Lipinski definition) is 2. The quantitative estimate of drug-likeness (QED) is 0.774. The number of nitrogen functional groups attached to an aromatic ring is 1. The van der Waals surface area contributed by atoms with Crippen molar-refractivity contribution in [2.24, 2.45) is 5.14 Å². The van der Waals surface area contributed by atoms with E-state index < -0.39 is 27.0 Å². The summed E-state index contributed by atoms with van der Waals surface area (Å²) in [6.07, 6.45) is -0.248. The molecule has 104 valence electrons. The van der Waals surface area contributed by atoms with Gasteiger partial charge >= 0.3 is 0 Å². The van der Waals surface area contributed by atoms with Gasteiger partial charge in [0.2, 0.25) is 15.9 Å². The van der Waals surface area contributed by atoms with E-state index in [-0.39, 0.29) is 29.4 Å². The van der Waals surface area contributed by atoms with Crippen LogP contribution < -0.4 is 15.8 Å². The van der Waals surface area contributed by atoms with Crippen molar-refractivity contribution in [1.82, 2.24) is 0 Å². The summed E-state index contributed by atoms with van der Waals surface area (Å²) in [4.78, 5) is 12.9. The summed E-state index contributed by atoms with van der Waals surface area (Å²) in [5, 5.41) is 3.82. The highest BCUT2D eigenvalue weighted by Gasteiger charge is 2.38. The zero-order chi connectivity index (χ0) is 14.4. The first-order chi connectivity index (χ1) is 8.70. The van der Waals surface area contributed by atoms with E-state index in [1.807, 2.05) is 0 Å². The maximum absolute atomic E-state index is 13.4. The highest BCUT2D eigenvalue weighted by molar-refractivity contribution is 7.89. The lowest BCUT2D eigenvalue weighted by Crippen LogP contribution is -2.32. The van der Waals surface area contributed by atoms with Crippen LogP contribution in [0.4, 0.5) is 15.8 Å². The molecule has 0 spiro atoms. The molecule has 1 aromatic rings. The molecule has 1 atom stereocenters. The Kier molecular flexibility index (Phi) is 3.41. The molecule has 1 saturated heterocycles. The van der Waals surface area contributed by atoms with Crippen LogP contribution in [0.3, 0.4) is 0 Å². The van der Waals surface area contributed by atoms with Gasteiger partial charge in [0, 0.05) is 19.0 Å². The van der Waals surface area contributed by atoms with Crippen LogP contribution >= 0.6 is 11.6 Å². The third-order valence-electron chi connectivity index (χ3n) is 2.91. The lowest BCUT2D eigenvalue weighted by Gasteiger charge is -2.18. The zero-order valence-corrected chi connectivity index (χ0v) is 11.2. The van der Waals surface area contributed by atoms with Gasteiger partial charge in [-0.3, -0.25) is 4.79 Å². The minimum Gasteiger partial charge on any atom is -0.397 e. The van der Waals surface area contributed by atoms with Crippen molar-refractivity contribution < 1.29 is 17.6 Å². The topological polar surface area (TPSA) is 106 Å². The Bertz CT molecular complexity index is 650. The van der Waals surface area contributed by atoms with E-state index in [2.05, 4.69) is 0 Å². The number of nitrogens with two attached hydrogens (primary N) is 2. The monoisotopic (exact) mass is 307 g/mol. The molecule has 1 heterocycles. The van der Waals surface area contributed by atoms with Crippen molar-refractivity contribution in [3.8, 4) is 0 Å². The molecule has 0 aliphatic carbocycles. The van der Waals surface area contributed by atoms with E-state index in [4.69, 9.17) is 22.5 Å². The van der Waals surface area contributed by atoms with Crippen molar-refractivity contribution in [2.45, 2.75) is 11.7 Å². The van der Waals surface area contributed by atoms with Gasteiger partial charge < -0.3 is 10.6 Å². The van der Waals surface area contributed by atoms with Crippen LogP contribution in [0.25, 0.3) is 0 Å². The summed E-state index contributed by atoms with van der Waals surface area (Å²) >= 11 is 5.56. The third-order valence-corrected chi connectivity index (χ3v) is 4.45. The van der Waals surface area contributed by atoms with E-state index in [1.165, 1.54) is 6.07 Å². The second kappa shape index (κ2) is 4.62. The lowest BCUT2D eigenvalue weighted by atomic mass is 10.2. The number of primary sulfonamides is 1. The van der Waals surface area contributed by atoms with Gasteiger partial charge in [0.25, 0.3) is 0 Å². The molecule has 0 aromatic heterocycles. The number of anilines is 2. The van der Waals surface area contributed by atoms with Crippen LogP contribution in [0.5, 0.6) is 0 Å². The van der Waals surface area contributed by atoms with E-state index >= 15 is 0 Å². The van der Waals surface area contributed by atoms with Gasteiger partial charge in [0.05, 0.1) is 16.4 Å². The van der Waals surface area contributed by atoms with Gasteiger partial charge in [-0.25, -0.2) is 17.9 Å². The molecule has 1 aliphatic rings. The van der Waals surface area contributed by atoms with Gasteiger partial charge in [0.15, 0.2) is 0 Å². The molecule has 2 rings (SSSR count). The SMILES string of the molecule is Nc1cc(Cl)c(F)cc1N1CC(S(N)(=O)=O)CC1=O. The molecule has 0 bridgehead atoms. The smallest absolute Gasteiger partial charge is 0.228 e. The fourth-order valence-corrected chi connectivity index (χ4v) is 2.82. The number of amides is 1. The Labute approximate surface area is 114 Å². The van der Waals surface area contributed by atoms with E-state index in [0.29, 0.717) is 0 Å². The Balaban J connectivity index is 2.39. The first-order valence-electron chi connectivity index (χ1n) is 5.26. The molecule has 1 amide bonds. The maximum atomic E-state index is 13.4. The normalized spacial score (nSPS) is 20.1. The number of hydrogen-bond acceptors (Lipinski definition) is 4. The second-order valence-corrected chi connectivity index (χ2v) is 6.50. The Morgan fingerprint density at radius 1 is 1.42 bits per heavy atom. The Hall–Kier alpha value is -1.38. The van der Waals surface area contributed by atoms with Crippen molar-refractivity contribution in [3.63, 3.8) is 0 Å². The van der Waals surface area contributed by atoms with Crippen LogP contribution in [0.2, 0.25) is 5.02 Å². The molecular formula is C10H11ClFN3O3S. The van der Waals surface area contributed by atoms with Gasteiger partial charge in [-0.1, -0.05) is 11.6 Å². The minimum absolute atomic E-state index is 0.0924. The summed E-state index contributed by atoms with van der Waals surface area (Å²) in [6.45, 7) is -0.150. The zero-order valence-electron chi connectivity index (χ0n) is 9.64. The van der Waals surface area contributed by atoms with Crippen LogP contribution in [-0.2, 0) is 14.8 Å². The number of benzene rings is 1. The molecule has 1 fully saturated rings. The molecular weight excluding hydrogens is 297 g/mol. The maximum Gasteiger partial charge on any atom is 0.228 e. The third kappa shape index (κ3) is 2.65. The van der Waals surface area contributed by atoms with Crippen LogP contribution in [0, 0.1) is 5.82 Å². The average molecular weight is 308 g/mol. The van der Waals surface area contributed by atoms with Crippen molar-refractivity contribution in [3.05, 3.63) is 23.0 Å². The first-order valence-corrected chi connectivity index (χ1v) is 7.25. The molecule has 1 unspecified atom stereocenters. The second-order valence-electron chi connectivity index (χ2n) is 4.24. The lowest BCUT2D eigenvalue weighted by molar-refractivity contribution is -0.117. The molecule has 1 aliphatic heterocycles. The largest absolute Gasteiger partial charge is 0.397 e. The molecule has 0 radical (unpaired) electrons. The summed E-state index contributed by atoms with van der Waals surface area (Å²) in [7, 11) is -3.83. The van der Waals surface area contributed by atoms with Crippen LogP contribution in [0.1, 0.15) is 6.42 Å². The molecule has 4 N–H and O–H groups in total. The van der Waals surface area contributed by atoms with Crippen molar-refractivity contribution in [2.75, 3.05) is 17.2 Å².